The third-order valence-corrected chi connectivity index (χ3v) is 4.94. The summed E-state index contributed by atoms with van der Waals surface area (Å²) in [4.78, 5) is 16.8. The number of thiazole rings is 1. The fourth-order valence-electron chi connectivity index (χ4n) is 2.65. The molecule has 1 aliphatic heterocycles. The molecule has 0 radical (unpaired) electrons. The van der Waals surface area contributed by atoms with Crippen LogP contribution in [0.2, 0.25) is 5.02 Å². The minimum atomic E-state index is -0.196. The average Bonchev–Trinajstić information content (AvgIpc) is 3.27. The van der Waals surface area contributed by atoms with E-state index in [2.05, 4.69) is 10.3 Å². The molecular weight excluding hydrogens is 372 g/mol. The van der Waals surface area contributed by atoms with Crippen molar-refractivity contribution < 1.29 is 13.9 Å². The van der Waals surface area contributed by atoms with Crippen molar-refractivity contribution >= 4 is 34.9 Å². The number of amides is 1. The number of furan rings is 1. The minimum absolute atomic E-state index is 0.196. The number of fused-ring (bicyclic) bond motifs is 1. The van der Waals surface area contributed by atoms with E-state index in [1.165, 1.54) is 0 Å². The molecule has 0 aliphatic carbocycles. The fourth-order valence-corrected chi connectivity index (χ4v) is 3.43. The number of carbonyl (C=O) groups is 1. The predicted molar refractivity (Wildman–Crippen MR) is 101 cm³/mol. The van der Waals surface area contributed by atoms with E-state index in [9.17, 15) is 4.79 Å². The summed E-state index contributed by atoms with van der Waals surface area (Å²) in [5.74, 6) is 1.89. The van der Waals surface area contributed by atoms with Crippen molar-refractivity contribution in [3.63, 3.8) is 0 Å². The number of hydrogen-bond acceptors (Lipinski definition) is 5. The SMILES string of the molecule is Cc1nc(-c2ccc(CNC(=O)C3=Cc4cc(Cl)ccc4OC3)o2)cs1. The first-order valence-corrected chi connectivity index (χ1v) is 9.26. The Hall–Kier alpha value is -2.57. The molecule has 0 spiro atoms. The van der Waals surface area contributed by atoms with Gasteiger partial charge in [0.1, 0.15) is 23.8 Å². The molecule has 0 unspecified atom stereocenters. The lowest BCUT2D eigenvalue weighted by Crippen LogP contribution is -2.28. The predicted octanol–water partition coefficient (Wildman–Crippen LogP) is 4.46. The number of carbonyl (C=O) groups excluding carboxylic acids is 1. The van der Waals surface area contributed by atoms with Crippen LogP contribution >= 0.6 is 22.9 Å². The van der Waals surface area contributed by atoms with Crippen molar-refractivity contribution in [2.75, 3.05) is 6.61 Å². The first-order chi connectivity index (χ1) is 12.6. The Morgan fingerprint density at radius 1 is 1.35 bits per heavy atom. The Morgan fingerprint density at radius 3 is 3.04 bits per heavy atom. The highest BCUT2D eigenvalue weighted by atomic mass is 35.5. The molecule has 132 valence electrons. The zero-order chi connectivity index (χ0) is 18.1. The topological polar surface area (TPSA) is 64.4 Å². The maximum Gasteiger partial charge on any atom is 0.251 e. The van der Waals surface area contributed by atoms with E-state index in [-0.39, 0.29) is 12.5 Å². The molecule has 1 aliphatic rings. The van der Waals surface area contributed by atoms with Gasteiger partial charge in [-0.15, -0.1) is 11.3 Å². The first kappa shape index (κ1) is 16.9. The van der Waals surface area contributed by atoms with E-state index in [0.29, 0.717) is 28.7 Å². The van der Waals surface area contributed by atoms with Gasteiger partial charge in [0.25, 0.3) is 5.91 Å². The second-order valence-corrected chi connectivity index (χ2v) is 7.34. The molecule has 26 heavy (non-hydrogen) atoms. The minimum Gasteiger partial charge on any atom is -0.488 e. The lowest BCUT2D eigenvalue weighted by molar-refractivity contribution is -0.118. The van der Waals surface area contributed by atoms with Crippen LogP contribution in [0.5, 0.6) is 5.75 Å². The summed E-state index contributed by atoms with van der Waals surface area (Å²) in [7, 11) is 0. The summed E-state index contributed by atoms with van der Waals surface area (Å²) >= 11 is 7.57. The van der Waals surface area contributed by atoms with Crippen LogP contribution in [0.1, 0.15) is 16.3 Å². The first-order valence-electron chi connectivity index (χ1n) is 8.01. The largest absolute Gasteiger partial charge is 0.488 e. The van der Waals surface area contributed by atoms with Gasteiger partial charge in [0.2, 0.25) is 0 Å². The van der Waals surface area contributed by atoms with Gasteiger partial charge in [-0.1, -0.05) is 11.6 Å². The number of halogens is 1. The van der Waals surface area contributed by atoms with Crippen LogP contribution in [-0.2, 0) is 11.3 Å². The van der Waals surface area contributed by atoms with Crippen LogP contribution in [0.3, 0.4) is 0 Å². The summed E-state index contributed by atoms with van der Waals surface area (Å²) in [5, 5.41) is 6.38. The number of aryl methyl sites for hydroxylation is 1. The Balaban J connectivity index is 1.42. The normalized spacial score (nSPS) is 12.9. The molecule has 0 bridgehead atoms. The van der Waals surface area contributed by atoms with E-state index in [1.54, 1.807) is 35.6 Å². The highest BCUT2D eigenvalue weighted by Gasteiger charge is 2.18. The van der Waals surface area contributed by atoms with E-state index in [1.807, 2.05) is 24.4 Å². The molecule has 5 nitrogen and oxygen atoms in total. The standard InChI is InChI=1S/C19H15ClN2O3S/c1-11-22-16(10-26-11)18-5-3-15(25-18)8-21-19(23)13-6-12-7-14(20)2-4-17(12)24-9-13/h2-7,10H,8-9H2,1H3,(H,21,23). The highest BCUT2D eigenvalue weighted by molar-refractivity contribution is 7.09. The molecule has 3 heterocycles. The van der Waals surface area contributed by atoms with E-state index in [4.69, 9.17) is 20.8 Å². The number of nitrogens with one attached hydrogen (secondary N) is 1. The van der Waals surface area contributed by atoms with Crippen LogP contribution in [0.25, 0.3) is 17.5 Å². The van der Waals surface area contributed by atoms with Gasteiger partial charge < -0.3 is 14.5 Å². The summed E-state index contributed by atoms with van der Waals surface area (Å²) in [5.41, 5.74) is 2.15. The maximum atomic E-state index is 12.4. The molecule has 0 saturated heterocycles. The van der Waals surface area contributed by atoms with Crippen molar-refractivity contribution in [3.8, 4) is 17.2 Å². The van der Waals surface area contributed by atoms with Crippen molar-refractivity contribution in [3.05, 3.63) is 62.6 Å². The van der Waals surface area contributed by atoms with Crippen LogP contribution in [0, 0.1) is 6.92 Å². The molecule has 7 heteroatoms. The molecule has 0 fully saturated rings. The van der Waals surface area contributed by atoms with Crippen molar-refractivity contribution in [1.29, 1.82) is 0 Å². The molecule has 3 aromatic rings. The van der Waals surface area contributed by atoms with Gasteiger partial charge in [0.05, 0.1) is 17.1 Å². The Labute approximate surface area is 159 Å². The van der Waals surface area contributed by atoms with E-state index in [0.717, 1.165) is 22.0 Å². The summed E-state index contributed by atoms with van der Waals surface area (Å²) in [6, 6.07) is 9.03. The van der Waals surface area contributed by atoms with Gasteiger partial charge in [-0.2, -0.15) is 0 Å². The van der Waals surface area contributed by atoms with Gasteiger partial charge >= 0.3 is 0 Å². The number of benzene rings is 1. The smallest absolute Gasteiger partial charge is 0.251 e. The number of aromatic nitrogens is 1. The van der Waals surface area contributed by atoms with E-state index >= 15 is 0 Å². The number of ether oxygens (including phenoxy) is 1. The fraction of sp³-hybridized carbons (Fsp3) is 0.158. The second-order valence-electron chi connectivity index (χ2n) is 5.84. The molecular formula is C19H15ClN2O3S. The Morgan fingerprint density at radius 2 is 2.23 bits per heavy atom. The summed E-state index contributed by atoms with van der Waals surface area (Å²) in [6.45, 7) is 2.47. The average molecular weight is 387 g/mol. The van der Waals surface area contributed by atoms with Crippen LogP contribution in [-0.4, -0.2) is 17.5 Å². The van der Waals surface area contributed by atoms with Crippen LogP contribution in [0.15, 0.2) is 45.7 Å². The lowest BCUT2D eigenvalue weighted by Gasteiger charge is -2.17. The number of rotatable bonds is 4. The van der Waals surface area contributed by atoms with Gasteiger partial charge in [-0.05, 0) is 43.3 Å². The molecule has 1 amide bonds. The second kappa shape index (κ2) is 6.97. The zero-order valence-electron chi connectivity index (χ0n) is 13.9. The third-order valence-electron chi connectivity index (χ3n) is 3.93. The monoisotopic (exact) mass is 386 g/mol. The van der Waals surface area contributed by atoms with Crippen LogP contribution < -0.4 is 10.1 Å². The van der Waals surface area contributed by atoms with Crippen LogP contribution in [0.4, 0.5) is 0 Å². The number of hydrogen-bond donors (Lipinski definition) is 1. The molecule has 4 rings (SSSR count). The lowest BCUT2D eigenvalue weighted by atomic mass is 10.1. The maximum absolute atomic E-state index is 12.4. The molecule has 0 saturated carbocycles. The van der Waals surface area contributed by atoms with Crippen molar-refractivity contribution in [1.82, 2.24) is 10.3 Å². The zero-order valence-corrected chi connectivity index (χ0v) is 15.5. The Kier molecular flexibility index (Phi) is 4.53. The summed E-state index contributed by atoms with van der Waals surface area (Å²) in [6.07, 6.45) is 1.80. The molecule has 1 aromatic carbocycles. The van der Waals surface area contributed by atoms with Gasteiger partial charge in [0, 0.05) is 16.0 Å². The van der Waals surface area contributed by atoms with E-state index < -0.39 is 0 Å². The Bertz CT molecular complexity index is 1010. The van der Waals surface area contributed by atoms with Gasteiger partial charge in [-0.25, -0.2) is 4.98 Å². The van der Waals surface area contributed by atoms with Crippen molar-refractivity contribution in [2.24, 2.45) is 0 Å². The van der Waals surface area contributed by atoms with Gasteiger partial charge in [-0.3, -0.25) is 4.79 Å². The van der Waals surface area contributed by atoms with Gasteiger partial charge in [0.15, 0.2) is 5.76 Å². The highest BCUT2D eigenvalue weighted by Crippen LogP contribution is 2.29. The molecule has 1 N–H and O–H groups in total. The summed E-state index contributed by atoms with van der Waals surface area (Å²) < 4.78 is 11.4. The van der Waals surface area contributed by atoms with Crippen molar-refractivity contribution in [2.45, 2.75) is 13.5 Å². The number of nitrogens with zero attached hydrogens (tertiary/aromatic N) is 1. The third kappa shape index (κ3) is 3.52. The molecule has 0 atom stereocenters. The molecule has 2 aromatic heterocycles. The quantitative estimate of drug-likeness (QED) is 0.719.